The normalized spacial score (nSPS) is 19.9. The number of ether oxygens (including phenoxy) is 1. The molecule has 2 saturated heterocycles. The Morgan fingerprint density at radius 2 is 1.68 bits per heavy atom. The molecule has 0 unspecified atom stereocenters. The SMILES string of the molecule is O=C1N(c2ccc(Oc3ccc(CO)cc3)cc2)C[C@@H]2CCCCN12. The number of piperidine rings is 1. The second-order valence-electron chi connectivity index (χ2n) is 6.63. The van der Waals surface area contributed by atoms with E-state index in [1.807, 2.05) is 58.3 Å². The zero-order valence-corrected chi connectivity index (χ0v) is 14.1. The molecule has 2 aromatic carbocycles. The molecule has 0 spiro atoms. The summed E-state index contributed by atoms with van der Waals surface area (Å²) < 4.78 is 5.82. The molecule has 5 nitrogen and oxygen atoms in total. The summed E-state index contributed by atoms with van der Waals surface area (Å²) in [5.74, 6) is 1.45. The van der Waals surface area contributed by atoms with E-state index in [0.29, 0.717) is 6.04 Å². The highest BCUT2D eigenvalue weighted by Crippen LogP contribution is 2.31. The van der Waals surface area contributed by atoms with E-state index in [0.717, 1.165) is 48.7 Å². The maximum atomic E-state index is 12.6. The van der Waals surface area contributed by atoms with Crippen LogP contribution in [0.3, 0.4) is 0 Å². The Morgan fingerprint density at radius 3 is 2.32 bits per heavy atom. The zero-order chi connectivity index (χ0) is 17.2. The lowest BCUT2D eigenvalue weighted by Crippen LogP contribution is -2.38. The Morgan fingerprint density at radius 1 is 1.00 bits per heavy atom. The quantitative estimate of drug-likeness (QED) is 0.923. The van der Waals surface area contributed by atoms with Gasteiger partial charge >= 0.3 is 6.03 Å². The number of anilines is 1. The number of hydrogen-bond donors (Lipinski definition) is 1. The number of aliphatic hydroxyl groups is 1. The largest absolute Gasteiger partial charge is 0.457 e. The molecule has 2 aliphatic rings. The van der Waals surface area contributed by atoms with Crippen molar-refractivity contribution in [2.24, 2.45) is 0 Å². The summed E-state index contributed by atoms with van der Waals surface area (Å²) in [4.78, 5) is 16.5. The van der Waals surface area contributed by atoms with Gasteiger partial charge in [0, 0.05) is 18.8 Å². The molecule has 5 heteroatoms. The minimum absolute atomic E-state index is 0.0247. The molecule has 2 aromatic rings. The first kappa shape index (κ1) is 16.0. The number of amides is 2. The number of benzene rings is 2. The minimum Gasteiger partial charge on any atom is -0.457 e. The first-order valence-electron chi connectivity index (χ1n) is 8.80. The number of carbonyl (C=O) groups excluding carboxylic acids is 1. The van der Waals surface area contributed by atoms with Crippen LogP contribution in [0.2, 0.25) is 0 Å². The molecule has 0 radical (unpaired) electrons. The summed E-state index contributed by atoms with van der Waals surface area (Å²) in [7, 11) is 0. The van der Waals surface area contributed by atoms with Crippen molar-refractivity contribution in [3.8, 4) is 11.5 Å². The van der Waals surface area contributed by atoms with E-state index in [9.17, 15) is 4.79 Å². The molecule has 0 bridgehead atoms. The zero-order valence-electron chi connectivity index (χ0n) is 14.1. The van der Waals surface area contributed by atoms with Gasteiger partial charge in [-0.2, -0.15) is 0 Å². The smallest absolute Gasteiger partial charge is 0.324 e. The number of hydrogen-bond acceptors (Lipinski definition) is 3. The molecule has 2 heterocycles. The Hall–Kier alpha value is -2.53. The van der Waals surface area contributed by atoms with E-state index in [1.54, 1.807) is 0 Å². The number of rotatable bonds is 4. The number of urea groups is 1. The lowest BCUT2D eigenvalue weighted by atomic mass is 10.0. The third-order valence-electron chi connectivity index (χ3n) is 4.99. The van der Waals surface area contributed by atoms with Crippen LogP contribution in [-0.2, 0) is 6.61 Å². The van der Waals surface area contributed by atoms with Gasteiger partial charge in [-0.05, 0) is 61.2 Å². The van der Waals surface area contributed by atoms with E-state index in [-0.39, 0.29) is 12.6 Å². The van der Waals surface area contributed by atoms with Crippen LogP contribution in [0.1, 0.15) is 24.8 Å². The Labute approximate surface area is 147 Å². The van der Waals surface area contributed by atoms with Crippen LogP contribution < -0.4 is 9.64 Å². The topological polar surface area (TPSA) is 53.0 Å². The van der Waals surface area contributed by atoms with E-state index >= 15 is 0 Å². The molecule has 2 aliphatic heterocycles. The molecule has 2 fully saturated rings. The van der Waals surface area contributed by atoms with E-state index in [2.05, 4.69) is 0 Å². The molecule has 4 rings (SSSR count). The molecule has 25 heavy (non-hydrogen) atoms. The summed E-state index contributed by atoms with van der Waals surface area (Å²) >= 11 is 0. The summed E-state index contributed by atoms with van der Waals surface area (Å²) in [6.07, 6.45) is 3.43. The number of carbonyl (C=O) groups is 1. The molecule has 0 saturated carbocycles. The van der Waals surface area contributed by atoms with Crippen LogP contribution in [0.15, 0.2) is 48.5 Å². The highest BCUT2D eigenvalue weighted by Gasteiger charge is 2.38. The second-order valence-corrected chi connectivity index (χ2v) is 6.63. The van der Waals surface area contributed by atoms with Gasteiger partial charge in [0.2, 0.25) is 0 Å². The van der Waals surface area contributed by atoms with Gasteiger partial charge in [-0.3, -0.25) is 4.90 Å². The number of nitrogens with zero attached hydrogens (tertiary/aromatic N) is 2. The van der Waals surface area contributed by atoms with Gasteiger partial charge in [0.05, 0.1) is 12.6 Å². The van der Waals surface area contributed by atoms with Crippen LogP contribution in [0.25, 0.3) is 0 Å². The minimum atomic E-state index is 0.0247. The molecule has 0 aliphatic carbocycles. The highest BCUT2D eigenvalue weighted by atomic mass is 16.5. The standard InChI is InChI=1S/C20H22N2O3/c23-14-15-4-8-18(9-5-15)25-19-10-6-16(7-11-19)22-13-17-3-1-2-12-21(17)20(22)24/h4-11,17,23H,1-3,12-14H2/t17-/m0/s1. The average Bonchev–Trinajstić information content (AvgIpc) is 3.00. The molecular weight excluding hydrogens is 316 g/mol. The maximum Gasteiger partial charge on any atom is 0.324 e. The molecule has 2 amide bonds. The van der Waals surface area contributed by atoms with Crippen molar-refractivity contribution in [3.63, 3.8) is 0 Å². The molecular formula is C20H22N2O3. The average molecular weight is 338 g/mol. The summed E-state index contributed by atoms with van der Waals surface area (Å²) in [5.41, 5.74) is 1.77. The predicted octanol–water partition coefficient (Wildman–Crippen LogP) is 3.77. The second kappa shape index (κ2) is 6.76. The predicted molar refractivity (Wildman–Crippen MR) is 96.0 cm³/mol. The maximum absolute atomic E-state index is 12.6. The van der Waals surface area contributed by atoms with Gasteiger partial charge in [0.15, 0.2) is 0 Å². The van der Waals surface area contributed by atoms with Crippen LogP contribution in [0.5, 0.6) is 11.5 Å². The van der Waals surface area contributed by atoms with Crippen molar-refractivity contribution in [1.82, 2.24) is 4.90 Å². The first-order valence-corrected chi connectivity index (χ1v) is 8.80. The summed E-state index contributed by atoms with van der Waals surface area (Å²) in [5, 5.41) is 9.07. The van der Waals surface area contributed by atoms with Crippen molar-refractivity contribution in [2.45, 2.75) is 31.9 Å². The van der Waals surface area contributed by atoms with Gasteiger partial charge in [-0.15, -0.1) is 0 Å². The Bertz CT molecular complexity index is 743. The van der Waals surface area contributed by atoms with Crippen LogP contribution in [0.4, 0.5) is 10.5 Å². The summed E-state index contributed by atoms with van der Waals surface area (Å²) in [6, 6.07) is 15.5. The number of aliphatic hydroxyl groups excluding tert-OH is 1. The van der Waals surface area contributed by atoms with E-state index < -0.39 is 0 Å². The monoisotopic (exact) mass is 338 g/mol. The van der Waals surface area contributed by atoms with Crippen LogP contribution >= 0.6 is 0 Å². The summed E-state index contributed by atoms with van der Waals surface area (Å²) in [6.45, 7) is 1.68. The van der Waals surface area contributed by atoms with E-state index in [1.165, 1.54) is 6.42 Å². The van der Waals surface area contributed by atoms with Gasteiger partial charge in [0.25, 0.3) is 0 Å². The Kier molecular flexibility index (Phi) is 4.32. The van der Waals surface area contributed by atoms with Gasteiger partial charge < -0.3 is 14.7 Å². The fourth-order valence-electron chi connectivity index (χ4n) is 3.60. The van der Waals surface area contributed by atoms with Crippen molar-refractivity contribution in [2.75, 3.05) is 18.0 Å². The van der Waals surface area contributed by atoms with Crippen molar-refractivity contribution in [3.05, 3.63) is 54.1 Å². The lowest BCUT2D eigenvalue weighted by molar-refractivity contribution is 0.187. The van der Waals surface area contributed by atoms with Gasteiger partial charge in [-0.25, -0.2) is 4.79 Å². The van der Waals surface area contributed by atoms with Crippen LogP contribution in [-0.4, -0.2) is 35.2 Å². The number of fused-ring (bicyclic) bond motifs is 1. The molecule has 1 atom stereocenters. The Balaban J connectivity index is 1.45. The first-order chi connectivity index (χ1) is 12.2. The van der Waals surface area contributed by atoms with Crippen molar-refractivity contribution < 1.29 is 14.6 Å². The fraction of sp³-hybridized carbons (Fsp3) is 0.350. The van der Waals surface area contributed by atoms with Crippen LogP contribution in [0, 0.1) is 0 Å². The fourth-order valence-corrected chi connectivity index (χ4v) is 3.60. The third kappa shape index (κ3) is 3.20. The lowest BCUT2D eigenvalue weighted by Gasteiger charge is -2.27. The van der Waals surface area contributed by atoms with Crippen molar-refractivity contribution in [1.29, 1.82) is 0 Å². The van der Waals surface area contributed by atoms with Gasteiger partial charge in [0.1, 0.15) is 11.5 Å². The molecule has 130 valence electrons. The van der Waals surface area contributed by atoms with E-state index in [4.69, 9.17) is 9.84 Å². The third-order valence-corrected chi connectivity index (χ3v) is 4.99. The molecule has 1 N–H and O–H groups in total. The highest BCUT2D eigenvalue weighted by molar-refractivity contribution is 5.94. The van der Waals surface area contributed by atoms with Crippen molar-refractivity contribution >= 4 is 11.7 Å². The van der Waals surface area contributed by atoms with Gasteiger partial charge in [-0.1, -0.05) is 12.1 Å². The molecule has 0 aromatic heterocycles.